The number of nitrogens with one attached hydrogen (secondary N) is 1. The molecule has 2 aliphatic rings. The van der Waals surface area contributed by atoms with Crippen LogP contribution in [-0.4, -0.2) is 72.2 Å². The van der Waals surface area contributed by atoms with E-state index in [9.17, 15) is 14.0 Å². The largest absolute Gasteiger partial charge is 0.481 e. The molecule has 35 heavy (non-hydrogen) atoms. The van der Waals surface area contributed by atoms with Crippen molar-refractivity contribution in [1.29, 1.82) is 0 Å². The molecule has 2 aromatic rings. The van der Waals surface area contributed by atoms with Crippen LogP contribution in [-0.2, 0) is 19.1 Å². The minimum absolute atomic E-state index is 0.000494. The van der Waals surface area contributed by atoms with Gasteiger partial charge in [0.1, 0.15) is 11.9 Å². The van der Waals surface area contributed by atoms with Crippen LogP contribution >= 0.6 is 22.9 Å². The van der Waals surface area contributed by atoms with Gasteiger partial charge in [0.2, 0.25) is 0 Å². The number of hydrogen-bond acceptors (Lipinski definition) is 9. The summed E-state index contributed by atoms with van der Waals surface area (Å²) in [7, 11) is 1.28. The second-order valence-electron chi connectivity index (χ2n) is 8.02. The molecule has 0 unspecified atom stereocenters. The van der Waals surface area contributed by atoms with Gasteiger partial charge in [0.25, 0.3) is 0 Å². The molecule has 0 saturated carbocycles. The number of ether oxygens (including phenoxy) is 2. The molecule has 0 amide bonds. The van der Waals surface area contributed by atoms with Crippen LogP contribution < -0.4 is 5.32 Å². The molecule has 1 fully saturated rings. The molecule has 0 radical (unpaired) electrons. The van der Waals surface area contributed by atoms with Crippen LogP contribution in [0.25, 0.3) is 0 Å². The zero-order valence-electron chi connectivity index (χ0n) is 18.9. The lowest BCUT2D eigenvalue weighted by atomic mass is 9.94. The Labute approximate surface area is 210 Å². The molecule has 3 heterocycles. The number of rotatable bonds is 8. The number of benzene rings is 1. The fourth-order valence-electron chi connectivity index (χ4n) is 4.12. The number of methoxy groups -OCH3 is 1. The molecule has 4 rings (SSSR count). The maximum absolute atomic E-state index is 13.8. The van der Waals surface area contributed by atoms with E-state index in [2.05, 4.69) is 15.2 Å². The maximum Gasteiger partial charge on any atom is 0.338 e. The quantitative estimate of drug-likeness (QED) is 0.509. The number of thiazole rings is 1. The Bertz CT molecular complexity index is 1160. The van der Waals surface area contributed by atoms with E-state index in [1.165, 1.54) is 36.6 Å². The Morgan fingerprint density at radius 2 is 2.26 bits per heavy atom. The molecular weight excluding hydrogens is 499 g/mol. The summed E-state index contributed by atoms with van der Waals surface area (Å²) < 4.78 is 24.5. The molecule has 0 bridgehead atoms. The van der Waals surface area contributed by atoms with Gasteiger partial charge in [-0.3, -0.25) is 14.7 Å². The Morgan fingerprint density at radius 1 is 1.43 bits per heavy atom. The van der Waals surface area contributed by atoms with Gasteiger partial charge in [-0.1, -0.05) is 17.7 Å². The van der Waals surface area contributed by atoms with Gasteiger partial charge in [0.05, 0.1) is 25.9 Å². The molecule has 2 N–H and O–H groups in total. The molecule has 2 aliphatic heterocycles. The fraction of sp³-hybridized carbons (Fsp3) is 0.391. The third-order valence-electron chi connectivity index (χ3n) is 5.83. The van der Waals surface area contributed by atoms with Gasteiger partial charge in [-0.25, -0.2) is 14.2 Å². The summed E-state index contributed by atoms with van der Waals surface area (Å²) in [5.74, 6) is -1.54. The predicted molar refractivity (Wildman–Crippen MR) is 128 cm³/mol. The minimum Gasteiger partial charge on any atom is -0.481 e. The number of halogens is 2. The topological polar surface area (TPSA) is 113 Å². The van der Waals surface area contributed by atoms with E-state index >= 15 is 0 Å². The first kappa shape index (κ1) is 25.2. The lowest BCUT2D eigenvalue weighted by Crippen LogP contribution is -2.49. The van der Waals surface area contributed by atoms with Crippen LogP contribution in [0.15, 0.2) is 46.0 Å². The Balaban J connectivity index is 1.76. The lowest BCUT2D eigenvalue weighted by Gasteiger charge is -2.37. The van der Waals surface area contributed by atoms with Crippen molar-refractivity contribution in [3.63, 3.8) is 0 Å². The van der Waals surface area contributed by atoms with Crippen molar-refractivity contribution in [2.45, 2.75) is 24.9 Å². The summed E-state index contributed by atoms with van der Waals surface area (Å²) in [6.45, 7) is 1.70. The van der Waals surface area contributed by atoms with Gasteiger partial charge in [-0.05, 0) is 18.6 Å². The number of hydrogen-bond donors (Lipinski definition) is 2. The molecule has 12 heteroatoms. The van der Waals surface area contributed by atoms with Crippen molar-refractivity contribution >= 4 is 40.7 Å². The van der Waals surface area contributed by atoms with E-state index in [1.807, 2.05) is 5.38 Å². The smallest absolute Gasteiger partial charge is 0.338 e. The first-order valence-corrected chi connectivity index (χ1v) is 12.2. The SMILES string of the molecule is COC(=O)C1=C(CN2CCOC[C@@H]2CCC(=O)O)NC(c2nccs2)=N[C@H]1c1ccc(F)cc1Cl. The number of carboxylic acid groups (broad SMARTS) is 1. The molecule has 0 spiro atoms. The van der Waals surface area contributed by atoms with Gasteiger partial charge >= 0.3 is 11.9 Å². The summed E-state index contributed by atoms with van der Waals surface area (Å²) in [6, 6.07) is 2.94. The number of aromatic nitrogens is 1. The van der Waals surface area contributed by atoms with E-state index in [4.69, 9.17) is 31.2 Å². The van der Waals surface area contributed by atoms with Crippen molar-refractivity contribution < 1.29 is 28.6 Å². The highest BCUT2D eigenvalue weighted by atomic mass is 35.5. The Morgan fingerprint density at radius 3 is 2.94 bits per heavy atom. The first-order chi connectivity index (χ1) is 16.9. The number of carbonyl (C=O) groups excluding carboxylic acids is 1. The Kier molecular flexibility index (Phi) is 8.11. The van der Waals surface area contributed by atoms with Gasteiger partial charge in [-0.15, -0.1) is 11.3 Å². The predicted octanol–water partition coefficient (Wildman–Crippen LogP) is 3.02. The second kappa shape index (κ2) is 11.3. The number of amidine groups is 1. The summed E-state index contributed by atoms with van der Waals surface area (Å²) in [5.41, 5.74) is 1.22. The van der Waals surface area contributed by atoms with E-state index in [0.29, 0.717) is 48.3 Å². The molecule has 0 aliphatic carbocycles. The van der Waals surface area contributed by atoms with Crippen molar-refractivity contribution in [2.75, 3.05) is 33.4 Å². The molecule has 1 aromatic carbocycles. The Hall–Kier alpha value is -2.86. The van der Waals surface area contributed by atoms with E-state index in [-0.39, 0.29) is 29.6 Å². The van der Waals surface area contributed by atoms with Gasteiger partial charge < -0.3 is 19.9 Å². The number of carbonyl (C=O) groups is 2. The van der Waals surface area contributed by atoms with Crippen molar-refractivity contribution in [1.82, 2.24) is 15.2 Å². The average molecular weight is 523 g/mol. The van der Waals surface area contributed by atoms with Gasteiger partial charge in [0, 0.05) is 53.4 Å². The van der Waals surface area contributed by atoms with Crippen molar-refractivity contribution in [3.8, 4) is 0 Å². The highest BCUT2D eigenvalue weighted by Gasteiger charge is 2.35. The summed E-state index contributed by atoms with van der Waals surface area (Å²) in [6.07, 6.45) is 2.05. The zero-order chi connectivity index (χ0) is 24.9. The monoisotopic (exact) mass is 522 g/mol. The number of aliphatic imine (C=N–C) groups is 1. The molecule has 1 saturated heterocycles. The average Bonchev–Trinajstić information content (AvgIpc) is 3.38. The van der Waals surface area contributed by atoms with Crippen molar-refractivity contribution in [2.24, 2.45) is 4.99 Å². The van der Waals surface area contributed by atoms with Crippen LogP contribution in [0.4, 0.5) is 4.39 Å². The van der Waals surface area contributed by atoms with Crippen LogP contribution in [0, 0.1) is 5.82 Å². The molecule has 9 nitrogen and oxygen atoms in total. The molecular formula is C23H24ClFN4O5S. The standard InChI is InChI=1S/C23H24ClFN4O5S/c1-33-23(32)19-17(11-29-7-8-34-12-14(29)3-5-18(30)31)27-21(22-26-6-9-35-22)28-20(19)15-4-2-13(25)10-16(15)24/h2,4,6,9-10,14,20H,3,5,7-8,11-12H2,1H3,(H,27,28)(H,30,31)/t14-,20-/m0/s1. The normalized spacial score (nSPS) is 20.8. The second-order valence-corrected chi connectivity index (χ2v) is 9.33. The first-order valence-electron chi connectivity index (χ1n) is 10.9. The van der Waals surface area contributed by atoms with Crippen LogP contribution in [0.5, 0.6) is 0 Å². The highest BCUT2D eigenvalue weighted by Crippen LogP contribution is 2.37. The fourth-order valence-corrected chi connectivity index (χ4v) is 4.98. The van der Waals surface area contributed by atoms with Gasteiger partial charge in [-0.2, -0.15) is 0 Å². The van der Waals surface area contributed by atoms with Crippen LogP contribution in [0.3, 0.4) is 0 Å². The summed E-state index contributed by atoms with van der Waals surface area (Å²) in [4.78, 5) is 35.3. The third kappa shape index (κ3) is 5.87. The number of esters is 1. The van der Waals surface area contributed by atoms with E-state index < -0.39 is 23.8 Å². The molecule has 2 atom stereocenters. The molecule has 1 aromatic heterocycles. The van der Waals surface area contributed by atoms with Crippen molar-refractivity contribution in [3.05, 3.63) is 62.5 Å². The summed E-state index contributed by atoms with van der Waals surface area (Å²) in [5, 5.41) is 14.9. The highest BCUT2D eigenvalue weighted by molar-refractivity contribution is 7.11. The van der Waals surface area contributed by atoms with Crippen LogP contribution in [0.2, 0.25) is 5.02 Å². The minimum atomic E-state index is -0.884. The van der Waals surface area contributed by atoms with E-state index in [0.717, 1.165) is 0 Å². The number of aliphatic carboxylic acids is 1. The van der Waals surface area contributed by atoms with E-state index in [1.54, 1.807) is 6.20 Å². The van der Waals surface area contributed by atoms with Gasteiger partial charge in [0.15, 0.2) is 10.8 Å². The molecule has 186 valence electrons. The number of carboxylic acids is 1. The maximum atomic E-state index is 13.8. The van der Waals surface area contributed by atoms with Crippen LogP contribution in [0.1, 0.15) is 29.5 Å². The zero-order valence-corrected chi connectivity index (χ0v) is 20.4. The third-order valence-corrected chi connectivity index (χ3v) is 6.93. The number of morpholine rings is 1. The summed E-state index contributed by atoms with van der Waals surface area (Å²) >= 11 is 7.76. The number of nitrogens with zero attached hydrogens (tertiary/aromatic N) is 3. The lowest BCUT2D eigenvalue weighted by molar-refractivity contribution is -0.138.